The molecule has 3 aromatic rings. The van der Waals surface area contributed by atoms with Crippen molar-refractivity contribution in [3.8, 4) is 16.9 Å². The van der Waals surface area contributed by atoms with E-state index in [1.807, 2.05) is 0 Å². The number of hydrogen-bond acceptors (Lipinski definition) is 2. The number of aryl methyl sites for hydroxylation is 2. The maximum Gasteiger partial charge on any atom is 0.123 e. The smallest absolute Gasteiger partial charge is 0.123 e. The minimum atomic E-state index is 0.577. The molecule has 0 saturated heterocycles. The molecule has 0 spiro atoms. The zero-order chi connectivity index (χ0) is 24.5. The molecule has 3 aliphatic rings. The molecule has 0 N–H and O–H groups in total. The lowest BCUT2D eigenvalue weighted by Crippen LogP contribution is -2.26. The Morgan fingerprint density at radius 1 is 0.750 bits per heavy atom. The van der Waals surface area contributed by atoms with Gasteiger partial charge in [-0.25, -0.2) is 0 Å². The molecule has 6 rings (SSSR count). The molecular formula is C34H31NO. The Bertz CT molecular complexity index is 1480. The molecule has 0 bridgehead atoms. The van der Waals surface area contributed by atoms with E-state index < -0.39 is 0 Å². The normalized spacial score (nSPS) is 18.7. The van der Waals surface area contributed by atoms with E-state index in [1.165, 1.54) is 55.9 Å². The van der Waals surface area contributed by atoms with E-state index in [9.17, 15) is 0 Å². The van der Waals surface area contributed by atoms with Crippen LogP contribution in [0.15, 0.2) is 109 Å². The third-order valence-corrected chi connectivity index (χ3v) is 7.22. The number of fused-ring (bicyclic) bond motifs is 4. The fourth-order valence-corrected chi connectivity index (χ4v) is 5.35. The molecule has 0 radical (unpaired) electrons. The van der Waals surface area contributed by atoms with E-state index in [4.69, 9.17) is 4.74 Å². The summed E-state index contributed by atoms with van der Waals surface area (Å²) in [5.41, 5.74) is 12.9. The van der Waals surface area contributed by atoms with Crippen molar-refractivity contribution in [2.75, 3.05) is 11.5 Å². The van der Waals surface area contributed by atoms with Gasteiger partial charge in [-0.1, -0.05) is 77.9 Å². The van der Waals surface area contributed by atoms with E-state index in [-0.39, 0.29) is 0 Å². The van der Waals surface area contributed by atoms with E-state index in [0.29, 0.717) is 6.61 Å². The van der Waals surface area contributed by atoms with Crippen molar-refractivity contribution in [2.24, 2.45) is 0 Å². The summed E-state index contributed by atoms with van der Waals surface area (Å²) in [5, 5.41) is 0. The Morgan fingerprint density at radius 2 is 1.64 bits per heavy atom. The summed E-state index contributed by atoms with van der Waals surface area (Å²) < 4.78 is 6.04. The second-order valence-corrected chi connectivity index (χ2v) is 9.84. The third kappa shape index (κ3) is 4.35. The summed E-state index contributed by atoms with van der Waals surface area (Å²) in [4.78, 5) is 2.48. The fourth-order valence-electron chi connectivity index (χ4n) is 5.35. The molecular weight excluding hydrogens is 438 g/mol. The second kappa shape index (κ2) is 9.54. The first kappa shape index (κ1) is 22.4. The van der Waals surface area contributed by atoms with Crippen LogP contribution in [0.25, 0.3) is 16.7 Å². The minimum absolute atomic E-state index is 0.577. The number of rotatable bonds is 2. The Hall–Kier alpha value is -4.04. The van der Waals surface area contributed by atoms with Gasteiger partial charge in [-0.3, -0.25) is 0 Å². The molecule has 3 aromatic carbocycles. The number of hydrogen-bond donors (Lipinski definition) is 0. The highest BCUT2D eigenvalue weighted by molar-refractivity contribution is 5.88. The van der Waals surface area contributed by atoms with E-state index in [2.05, 4.69) is 122 Å². The van der Waals surface area contributed by atoms with Crippen LogP contribution < -0.4 is 9.64 Å². The average molecular weight is 470 g/mol. The summed E-state index contributed by atoms with van der Waals surface area (Å²) in [6, 6.07) is 20.3. The summed E-state index contributed by atoms with van der Waals surface area (Å²) in [6.45, 7) is 5.78. The third-order valence-electron chi connectivity index (χ3n) is 7.22. The number of benzene rings is 3. The monoisotopic (exact) mass is 469 g/mol. The molecule has 2 heterocycles. The molecule has 178 valence electrons. The number of anilines is 1. The second-order valence-electron chi connectivity index (χ2n) is 9.84. The van der Waals surface area contributed by atoms with Crippen LogP contribution in [0.1, 0.15) is 34.2 Å². The van der Waals surface area contributed by atoms with Gasteiger partial charge in [-0.15, -0.1) is 0 Å². The largest absolute Gasteiger partial charge is 0.489 e. The van der Waals surface area contributed by atoms with Crippen LogP contribution in [0.4, 0.5) is 5.69 Å². The minimum Gasteiger partial charge on any atom is -0.489 e. The molecule has 36 heavy (non-hydrogen) atoms. The van der Waals surface area contributed by atoms with Crippen molar-refractivity contribution in [3.63, 3.8) is 0 Å². The SMILES string of the molecule is Cc1ccc2c(c1)C/C=C(c1ccc3c(c1)-c1cc(C)ccc1N(C1=CC=CC=CC1)C3)\C=C/CO2. The van der Waals surface area contributed by atoms with Crippen LogP contribution in [-0.2, 0) is 13.0 Å². The first-order chi connectivity index (χ1) is 17.7. The predicted molar refractivity (Wildman–Crippen MR) is 151 cm³/mol. The summed E-state index contributed by atoms with van der Waals surface area (Å²) in [5.74, 6) is 0.982. The molecule has 2 aliphatic heterocycles. The van der Waals surface area contributed by atoms with Gasteiger partial charge in [0, 0.05) is 29.9 Å². The van der Waals surface area contributed by atoms with Gasteiger partial charge in [0.25, 0.3) is 0 Å². The first-order valence-electron chi connectivity index (χ1n) is 12.8. The van der Waals surface area contributed by atoms with E-state index in [0.717, 1.165) is 25.1 Å². The lowest BCUT2D eigenvalue weighted by molar-refractivity contribution is 0.360. The van der Waals surface area contributed by atoms with Crippen LogP contribution in [0.2, 0.25) is 0 Å². The standard InChI is InChI=1S/C34H31NO/c1-24-12-18-34-28(20-24)15-13-26(8-7-19-36-34)27-14-16-29-23-35(30-9-5-3-4-6-10-30)33-17-11-25(2)21-32(33)31(29)22-27/h3-9,11-14,16-18,20-22H,10,15,19,23H2,1-2H3/b8-7-,26-13+. The van der Waals surface area contributed by atoms with Gasteiger partial charge in [-0.2, -0.15) is 0 Å². The van der Waals surface area contributed by atoms with Crippen molar-refractivity contribution < 1.29 is 4.74 Å². The molecule has 2 nitrogen and oxygen atoms in total. The highest BCUT2D eigenvalue weighted by Crippen LogP contribution is 2.43. The maximum absolute atomic E-state index is 6.04. The average Bonchev–Trinajstić information content (AvgIpc) is 3.12. The van der Waals surface area contributed by atoms with Crippen molar-refractivity contribution in [1.82, 2.24) is 0 Å². The van der Waals surface area contributed by atoms with Gasteiger partial charge in [-0.05, 0) is 84.5 Å². The van der Waals surface area contributed by atoms with Crippen LogP contribution in [0, 0.1) is 13.8 Å². The molecule has 1 aliphatic carbocycles. The Balaban J connectivity index is 1.41. The number of allylic oxidation sites excluding steroid dienone is 8. The fraction of sp³-hybridized carbons (Fsp3) is 0.176. The Kier molecular flexibility index (Phi) is 5.95. The molecule has 0 amide bonds. The van der Waals surface area contributed by atoms with Crippen LogP contribution >= 0.6 is 0 Å². The number of nitrogens with zero attached hydrogens (tertiary/aromatic N) is 1. The molecule has 0 fully saturated rings. The lowest BCUT2D eigenvalue weighted by atomic mass is 9.88. The van der Waals surface area contributed by atoms with Gasteiger partial charge in [0.05, 0.1) is 0 Å². The topological polar surface area (TPSA) is 12.5 Å². The van der Waals surface area contributed by atoms with Gasteiger partial charge in [0.1, 0.15) is 12.4 Å². The zero-order valence-corrected chi connectivity index (χ0v) is 21.0. The van der Waals surface area contributed by atoms with Gasteiger partial charge in [0.2, 0.25) is 0 Å². The van der Waals surface area contributed by atoms with Crippen molar-refractivity contribution in [3.05, 3.63) is 137 Å². The van der Waals surface area contributed by atoms with Crippen LogP contribution in [-0.4, -0.2) is 6.61 Å². The Labute approximate surface area is 214 Å². The van der Waals surface area contributed by atoms with Crippen LogP contribution in [0.5, 0.6) is 5.75 Å². The van der Waals surface area contributed by atoms with Gasteiger partial charge >= 0.3 is 0 Å². The van der Waals surface area contributed by atoms with Gasteiger partial charge < -0.3 is 9.64 Å². The highest BCUT2D eigenvalue weighted by atomic mass is 16.5. The summed E-state index contributed by atoms with van der Waals surface area (Å²) in [6.07, 6.45) is 19.3. The van der Waals surface area contributed by atoms with Crippen molar-refractivity contribution in [1.29, 1.82) is 0 Å². The first-order valence-corrected chi connectivity index (χ1v) is 12.8. The van der Waals surface area contributed by atoms with Crippen molar-refractivity contribution in [2.45, 2.75) is 33.2 Å². The van der Waals surface area contributed by atoms with Crippen LogP contribution in [0.3, 0.4) is 0 Å². The quantitative estimate of drug-likeness (QED) is 0.374. The molecule has 0 atom stereocenters. The lowest BCUT2D eigenvalue weighted by Gasteiger charge is -2.35. The maximum atomic E-state index is 6.04. The van der Waals surface area contributed by atoms with E-state index in [1.54, 1.807) is 0 Å². The summed E-state index contributed by atoms with van der Waals surface area (Å²) >= 11 is 0. The Morgan fingerprint density at radius 3 is 2.58 bits per heavy atom. The van der Waals surface area contributed by atoms with Gasteiger partial charge in [0.15, 0.2) is 0 Å². The summed E-state index contributed by atoms with van der Waals surface area (Å²) in [7, 11) is 0. The molecule has 0 aromatic heterocycles. The zero-order valence-electron chi connectivity index (χ0n) is 21.0. The molecule has 0 unspecified atom stereocenters. The van der Waals surface area contributed by atoms with E-state index >= 15 is 0 Å². The highest BCUT2D eigenvalue weighted by Gasteiger charge is 2.24. The van der Waals surface area contributed by atoms with Crippen molar-refractivity contribution >= 4 is 11.3 Å². The number of ether oxygens (including phenoxy) is 1. The predicted octanol–water partition coefficient (Wildman–Crippen LogP) is 8.27. The molecule has 2 heteroatoms. The molecule has 0 saturated carbocycles.